The molecule has 2 aromatic heterocycles. The van der Waals surface area contributed by atoms with Crippen LogP contribution in [0.3, 0.4) is 0 Å². The molecule has 1 aromatic carbocycles. The summed E-state index contributed by atoms with van der Waals surface area (Å²) in [6, 6.07) is 12.0. The normalized spacial score (nSPS) is 20.7. The van der Waals surface area contributed by atoms with Crippen molar-refractivity contribution in [2.75, 3.05) is 0 Å². The van der Waals surface area contributed by atoms with Crippen LogP contribution in [0.25, 0.3) is 16.6 Å². The van der Waals surface area contributed by atoms with Crippen molar-refractivity contribution in [2.45, 2.75) is 13.0 Å². The molecule has 5 rings (SSSR count). The molecule has 2 unspecified atom stereocenters. The summed E-state index contributed by atoms with van der Waals surface area (Å²) in [7, 11) is 0. The van der Waals surface area contributed by atoms with Crippen LogP contribution in [0.2, 0.25) is 0 Å². The Hall–Kier alpha value is -3.27. The molecule has 27 heavy (non-hydrogen) atoms. The van der Waals surface area contributed by atoms with Gasteiger partial charge >= 0.3 is 0 Å². The Balaban J connectivity index is 1.39. The zero-order chi connectivity index (χ0) is 18.2. The Kier molecular flexibility index (Phi) is 3.82. The van der Waals surface area contributed by atoms with E-state index in [1.165, 1.54) is 11.1 Å². The topological polar surface area (TPSA) is 47.8 Å². The van der Waals surface area contributed by atoms with Gasteiger partial charge in [-0.05, 0) is 41.2 Å². The molecule has 0 fully saturated rings. The number of allylic oxidation sites excluding steroid dienone is 6. The van der Waals surface area contributed by atoms with Gasteiger partial charge in [-0.25, -0.2) is 9.97 Å². The van der Waals surface area contributed by atoms with Gasteiger partial charge in [-0.3, -0.25) is 9.36 Å². The molecule has 0 N–H and O–H groups in total. The van der Waals surface area contributed by atoms with E-state index in [9.17, 15) is 4.79 Å². The van der Waals surface area contributed by atoms with Gasteiger partial charge in [-0.1, -0.05) is 54.6 Å². The summed E-state index contributed by atoms with van der Waals surface area (Å²) in [5.74, 6) is 1.16. The average Bonchev–Trinajstić information content (AvgIpc) is 3.19. The third-order valence-corrected chi connectivity index (χ3v) is 5.39. The Morgan fingerprint density at radius 1 is 1.07 bits per heavy atom. The zero-order valence-corrected chi connectivity index (χ0v) is 14.8. The van der Waals surface area contributed by atoms with Gasteiger partial charge in [0.25, 0.3) is 5.56 Å². The van der Waals surface area contributed by atoms with E-state index in [1.807, 2.05) is 0 Å². The number of hydrogen-bond acceptors (Lipinski definition) is 3. The lowest BCUT2D eigenvalue weighted by atomic mass is 9.86. The first-order chi connectivity index (χ1) is 13.3. The lowest BCUT2D eigenvalue weighted by Gasteiger charge is -2.19. The van der Waals surface area contributed by atoms with Crippen molar-refractivity contribution in [3.8, 4) is 0 Å². The summed E-state index contributed by atoms with van der Waals surface area (Å²) < 4.78 is 1.63. The fourth-order valence-corrected chi connectivity index (χ4v) is 3.88. The van der Waals surface area contributed by atoms with Gasteiger partial charge in [0.1, 0.15) is 6.33 Å². The molecular weight excluding hydrogens is 334 g/mol. The van der Waals surface area contributed by atoms with Crippen molar-refractivity contribution in [2.24, 2.45) is 11.8 Å². The lowest BCUT2D eigenvalue weighted by Crippen LogP contribution is -2.21. The highest BCUT2D eigenvalue weighted by atomic mass is 16.1. The molecule has 0 aliphatic heterocycles. The maximum atomic E-state index is 12.6. The molecule has 0 saturated heterocycles. The molecule has 4 nitrogen and oxygen atoms in total. The van der Waals surface area contributed by atoms with Crippen molar-refractivity contribution in [3.05, 3.63) is 101 Å². The van der Waals surface area contributed by atoms with E-state index in [0.29, 0.717) is 29.4 Å². The maximum absolute atomic E-state index is 12.6. The quantitative estimate of drug-likeness (QED) is 0.669. The molecule has 0 radical (unpaired) electrons. The monoisotopic (exact) mass is 353 g/mol. The fourth-order valence-electron chi connectivity index (χ4n) is 3.88. The number of hydrogen-bond donors (Lipinski definition) is 0. The third-order valence-electron chi connectivity index (χ3n) is 5.39. The molecule has 2 aliphatic carbocycles. The second-order valence-corrected chi connectivity index (χ2v) is 7.14. The number of nitrogens with zero attached hydrogens (tertiary/aromatic N) is 3. The third kappa shape index (κ3) is 2.93. The van der Waals surface area contributed by atoms with Crippen molar-refractivity contribution in [3.63, 3.8) is 0 Å². The average molecular weight is 353 g/mol. The molecular formula is C23H19N3O. The van der Waals surface area contributed by atoms with Crippen LogP contribution in [0.1, 0.15) is 17.5 Å². The molecule has 0 spiro atoms. The second kappa shape index (κ2) is 6.47. The van der Waals surface area contributed by atoms with Gasteiger partial charge in [0.05, 0.1) is 11.9 Å². The van der Waals surface area contributed by atoms with E-state index < -0.39 is 0 Å². The zero-order valence-electron chi connectivity index (χ0n) is 14.8. The number of fused-ring (bicyclic) bond motifs is 2. The van der Waals surface area contributed by atoms with E-state index in [0.717, 1.165) is 12.0 Å². The van der Waals surface area contributed by atoms with Gasteiger partial charge in [0.2, 0.25) is 0 Å². The van der Waals surface area contributed by atoms with Gasteiger partial charge in [-0.2, -0.15) is 0 Å². The SMILES string of the molecule is O=c1c2cccnc2ncn1Cc1ccc(C2=CC3CC=CC3C=C2)cc1. The summed E-state index contributed by atoms with van der Waals surface area (Å²) in [6.07, 6.45) is 15.8. The van der Waals surface area contributed by atoms with Crippen LogP contribution in [0.15, 0.2) is 84.1 Å². The van der Waals surface area contributed by atoms with Crippen LogP contribution in [0, 0.1) is 11.8 Å². The highest BCUT2D eigenvalue weighted by Gasteiger charge is 2.21. The number of benzene rings is 1. The van der Waals surface area contributed by atoms with Gasteiger partial charge in [-0.15, -0.1) is 0 Å². The van der Waals surface area contributed by atoms with E-state index in [1.54, 1.807) is 29.2 Å². The molecule has 0 saturated carbocycles. The van der Waals surface area contributed by atoms with Crippen LogP contribution < -0.4 is 5.56 Å². The van der Waals surface area contributed by atoms with Crippen molar-refractivity contribution in [1.82, 2.24) is 14.5 Å². The predicted octanol–water partition coefficient (Wildman–Crippen LogP) is 3.99. The highest BCUT2D eigenvalue weighted by Crippen LogP contribution is 2.35. The summed E-state index contributed by atoms with van der Waals surface area (Å²) in [5.41, 5.74) is 4.00. The van der Waals surface area contributed by atoms with Crippen LogP contribution in [-0.4, -0.2) is 14.5 Å². The standard InChI is InChI=1S/C23H19N3O/c27-23-21-5-2-12-24-22(21)25-15-26(23)14-16-6-8-18(9-7-16)20-11-10-17-3-1-4-19(17)13-20/h1-3,5-13,15,17,19H,4,14H2. The van der Waals surface area contributed by atoms with Crippen molar-refractivity contribution < 1.29 is 0 Å². The summed E-state index contributed by atoms with van der Waals surface area (Å²) in [5, 5.41) is 0.550. The summed E-state index contributed by atoms with van der Waals surface area (Å²) in [4.78, 5) is 21.0. The minimum Gasteiger partial charge on any atom is -0.294 e. The lowest BCUT2D eigenvalue weighted by molar-refractivity contribution is 0.599. The highest BCUT2D eigenvalue weighted by molar-refractivity contribution is 5.76. The second-order valence-electron chi connectivity index (χ2n) is 7.14. The minimum absolute atomic E-state index is 0.0603. The molecule has 2 aliphatic rings. The van der Waals surface area contributed by atoms with Crippen LogP contribution in [0.5, 0.6) is 0 Å². The molecule has 4 heteroatoms. The van der Waals surface area contributed by atoms with Gasteiger partial charge in [0.15, 0.2) is 5.65 Å². The smallest absolute Gasteiger partial charge is 0.263 e. The molecule has 0 amide bonds. The molecule has 132 valence electrons. The largest absolute Gasteiger partial charge is 0.294 e. The van der Waals surface area contributed by atoms with E-state index in [2.05, 4.69) is 64.6 Å². The Morgan fingerprint density at radius 2 is 1.96 bits per heavy atom. The number of pyridine rings is 1. The maximum Gasteiger partial charge on any atom is 0.263 e. The van der Waals surface area contributed by atoms with E-state index in [4.69, 9.17) is 0 Å². The predicted molar refractivity (Wildman–Crippen MR) is 107 cm³/mol. The van der Waals surface area contributed by atoms with Gasteiger partial charge < -0.3 is 0 Å². The summed E-state index contributed by atoms with van der Waals surface area (Å²) in [6.45, 7) is 0.500. The molecule has 3 aromatic rings. The molecule has 2 heterocycles. The first kappa shape index (κ1) is 15.9. The Bertz CT molecular complexity index is 1150. The minimum atomic E-state index is -0.0603. The first-order valence-corrected chi connectivity index (χ1v) is 9.24. The number of rotatable bonds is 3. The first-order valence-electron chi connectivity index (χ1n) is 9.24. The molecule has 0 bridgehead atoms. The molecule has 2 atom stereocenters. The van der Waals surface area contributed by atoms with Crippen LogP contribution in [0.4, 0.5) is 0 Å². The van der Waals surface area contributed by atoms with E-state index >= 15 is 0 Å². The fraction of sp³-hybridized carbons (Fsp3) is 0.174. The Morgan fingerprint density at radius 3 is 2.85 bits per heavy atom. The van der Waals surface area contributed by atoms with Crippen molar-refractivity contribution in [1.29, 1.82) is 0 Å². The van der Waals surface area contributed by atoms with Crippen LogP contribution in [-0.2, 0) is 6.54 Å². The van der Waals surface area contributed by atoms with Crippen LogP contribution >= 0.6 is 0 Å². The Labute approximate surface area is 157 Å². The van der Waals surface area contributed by atoms with Crippen molar-refractivity contribution >= 4 is 16.6 Å². The number of aromatic nitrogens is 3. The van der Waals surface area contributed by atoms with E-state index in [-0.39, 0.29) is 5.56 Å². The van der Waals surface area contributed by atoms with Gasteiger partial charge in [0, 0.05) is 12.1 Å². The summed E-state index contributed by atoms with van der Waals surface area (Å²) >= 11 is 0.